The molecular weight excluding hydrogens is 298 g/mol. The quantitative estimate of drug-likeness (QED) is 0.656. The topological polar surface area (TPSA) is 38.0 Å². The lowest BCUT2D eigenvalue weighted by atomic mass is 9.95. The van der Waals surface area contributed by atoms with Crippen molar-refractivity contribution in [1.82, 2.24) is 5.43 Å². The van der Waals surface area contributed by atoms with Gasteiger partial charge in [-0.15, -0.1) is 0 Å². The smallest absolute Gasteiger partial charge is 0.123 e. The maximum Gasteiger partial charge on any atom is 0.123 e. The molecule has 0 spiro atoms. The number of nitrogens with one attached hydrogen (secondary N) is 1. The molecule has 0 saturated carbocycles. The normalized spacial score (nSPS) is 12.4. The molecule has 0 heterocycles. The van der Waals surface area contributed by atoms with E-state index in [1.54, 1.807) is 24.3 Å². The molecule has 0 amide bonds. The first-order valence-electron chi connectivity index (χ1n) is 6.17. The van der Waals surface area contributed by atoms with Gasteiger partial charge in [0, 0.05) is 10.0 Å². The van der Waals surface area contributed by atoms with E-state index in [1.807, 2.05) is 6.92 Å². The molecule has 0 radical (unpaired) electrons. The van der Waals surface area contributed by atoms with E-state index in [0.29, 0.717) is 16.5 Å². The van der Waals surface area contributed by atoms with Crippen molar-refractivity contribution >= 4 is 23.2 Å². The molecule has 1 unspecified atom stereocenters. The van der Waals surface area contributed by atoms with Gasteiger partial charge in [0.25, 0.3) is 0 Å². The van der Waals surface area contributed by atoms with E-state index in [2.05, 4.69) is 5.43 Å². The minimum Gasteiger partial charge on any atom is -0.271 e. The first-order valence-corrected chi connectivity index (χ1v) is 6.93. The molecule has 0 aliphatic heterocycles. The molecule has 5 heteroatoms. The van der Waals surface area contributed by atoms with Crippen LogP contribution in [0.2, 0.25) is 10.0 Å². The number of hydrazine groups is 1. The highest BCUT2D eigenvalue weighted by Gasteiger charge is 2.15. The largest absolute Gasteiger partial charge is 0.271 e. The second-order valence-corrected chi connectivity index (χ2v) is 5.50. The van der Waals surface area contributed by atoms with Crippen LogP contribution in [0.1, 0.15) is 22.7 Å². The van der Waals surface area contributed by atoms with Gasteiger partial charge < -0.3 is 0 Å². The van der Waals surface area contributed by atoms with E-state index < -0.39 is 0 Å². The van der Waals surface area contributed by atoms with Crippen molar-refractivity contribution in [2.24, 2.45) is 5.84 Å². The zero-order valence-corrected chi connectivity index (χ0v) is 12.5. The predicted octanol–water partition coefficient (Wildman–Crippen LogP) is 4.19. The van der Waals surface area contributed by atoms with Gasteiger partial charge in [-0.05, 0) is 60.4 Å². The number of benzene rings is 2. The van der Waals surface area contributed by atoms with Gasteiger partial charge in [0.05, 0.1) is 6.04 Å². The summed E-state index contributed by atoms with van der Waals surface area (Å²) >= 11 is 12.1. The van der Waals surface area contributed by atoms with Crippen molar-refractivity contribution < 1.29 is 4.39 Å². The van der Waals surface area contributed by atoms with Gasteiger partial charge >= 0.3 is 0 Å². The molecule has 0 saturated heterocycles. The summed E-state index contributed by atoms with van der Waals surface area (Å²) in [6, 6.07) is 9.67. The summed E-state index contributed by atoms with van der Waals surface area (Å²) in [6.45, 7) is 1.92. The predicted molar refractivity (Wildman–Crippen MR) is 81.4 cm³/mol. The molecule has 0 aromatic heterocycles. The van der Waals surface area contributed by atoms with Crippen LogP contribution in [-0.2, 0) is 6.42 Å². The van der Waals surface area contributed by atoms with Gasteiger partial charge in [-0.1, -0.05) is 29.3 Å². The molecule has 2 aromatic rings. The molecule has 20 heavy (non-hydrogen) atoms. The molecule has 2 rings (SSSR count). The van der Waals surface area contributed by atoms with Crippen LogP contribution in [-0.4, -0.2) is 0 Å². The number of hydrogen-bond acceptors (Lipinski definition) is 2. The van der Waals surface area contributed by atoms with E-state index in [1.165, 1.54) is 12.1 Å². The van der Waals surface area contributed by atoms with Gasteiger partial charge in [-0.2, -0.15) is 0 Å². The third-order valence-electron chi connectivity index (χ3n) is 3.25. The summed E-state index contributed by atoms with van der Waals surface area (Å²) in [5.41, 5.74) is 5.35. The third kappa shape index (κ3) is 3.49. The van der Waals surface area contributed by atoms with Crippen LogP contribution >= 0.6 is 23.2 Å². The number of rotatable bonds is 4. The highest BCUT2D eigenvalue weighted by molar-refractivity contribution is 6.33. The summed E-state index contributed by atoms with van der Waals surface area (Å²) in [7, 11) is 0. The van der Waals surface area contributed by atoms with Gasteiger partial charge in [0.2, 0.25) is 0 Å². The number of hydrogen-bond donors (Lipinski definition) is 2. The average Bonchev–Trinajstić information content (AvgIpc) is 2.42. The summed E-state index contributed by atoms with van der Waals surface area (Å²) in [6.07, 6.45) is 0.528. The standard InChI is InChI=1S/C15H15Cl2FN2/c1-9-2-4-12(18)8-13(9)15(20-19)7-10-6-11(16)3-5-14(10)17/h2-6,8,15,20H,7,19H2,1H3. The van der Waals surface area contributed by atoms with Crippen LogP contribution in [0.5, 0.6) is 0 Å². The van der Waals surface area contributed by atoms with Crippen LogP contribution < -0.4 is 11.3 Å². The van der Waals surface area contributed by atoms with Gasteiger partial charge in [-0.3, -0.25) is 11.3 Å². The van der Waals surface area contributed by atoms with E-state index in [-0.39, 0.29) is 11.9 Å². The fourth-order valence-electron chi connectivity index (χ4n) is 2.17. The Labute approximate surface area is 127 Å². The molecule has 2 aromatic carbocycles. The Balaban J connectivity index is 2.33. The molecule has 0 aliphatic rings. The van der Waals surface area contributed by atoms with Crippen molar-refractivity contribution in [2.45, 2.75) is 19.4 Å². The van der Waals surface area contributed by atoms with Crippen molar-refractivity contribution in [2.75, 3.05) is 0 Å². The van der Waals surface area contributed by atoms with Gasteiger partial charge in [-0.25, -0.2) is 4.39 Å². The summed E-state index contributed by atoms with van der Waals surface area (Å²) < 4.78 is 13.4. The van der Waals surface area contributed by atoms with E-state index in [4.69, 9.17) is 29.0 Å². The fraction of sp³-hybridized carbons (Fsp3) is 0.200. The minimum absolute atomic E-state index is 0.235. The average molecular weight is 313 g/mol. The Morgan fingerprint density at radius 1 is 1.20 bits per heavy atom. The Bertz CT molecular complexity index is 617. The van der Waals surface area contributed by atoms with Crippen LogP contribution in [0.25, 0.3) is 0 Å². The maximum atomic E-state index is 13.4. The van der Waals surface area contributed by atoms with E-state index in [0.717, 1.165) is 16.7 Å². The third-order valence-corrected chi connectivity index (χ3v) is 3.85. The molecule has 1 atom stereocenters. The van der Waals surface area contributed by atoms with Crippen LogP contribution in [0, 0.1) is 12.7 Å². The number of aryl methyl sites for hydroxylation is 1. The van der Waals surface area contributed by atoms with Crippen molar-refractivity contribution in [3.05, 3.63) is 69.0 Å². The Hall–Kier alpha value is -1.13. The molecule has 0 bridgehead atoms. The second-order valence-electron chi connectivity index (χ2n) is 4.66. The fourth-order valence-corrected chi connectivity index (χ4v) is 2.55. The summed E-state index contributed by atoms with van der Waals surface area (Å²) in [5.74, 6) is 5.32. The molecular formula is C15H15Cl2FN2. The van der Waals surface area contributed by atoms with E-state index in [9.17, 15) is 4.39 Å². The Morgan fingerprint density at radius 2 is 1.95 bits per heavy atom. The van der Waals surface area contributed by atoms with Crippen LogP contribution in [0.3, 0.4) is 0 Å². The van der Waals surface area contributed by atoms with E-state index >= 15 is 0 Å². The molecule has 0 aliphatic carbocycles. The molecule has 3 N–H and O–H groups in total. The Kier molecular flexibility index (Phi) is 5.00. The molecule has 106 valence electrons. The first kappa shape index (κ1) is 15.3. The summed E-state index contributed by atoms with van der Waals surface area (Å²) in [5, 5.41) is 1.22. The number of nitrogens with two attached hydrogens (primary N) is 1. The van der Waals surface area contributed by atoms with Gasteiger partial charge in [0.1, 0.15) is 5.82 Å². The maximum absolute atomic E-state index is 13.4. The second kappa shape index (κ2) is 6.55. The van der Waals surface area contributed by atoms with Gasteiger partial charge in [0.15, 0.2) is 0 Å². The zero-order chi connectivity index (χ0) is 14.7. The highest BCUT2D eigenvalue weighted by Crippen LogP contribution is 2.27. The zero-order valence-electron chi connectivity index (χ0n) is 11.0. The summed E-state index contributed by atoms with van der Waals surface area (Å²) in [4.78, 5) is 0. The lowest BCUT2D eigenvalue weighted by Crippen LogP contribution is -2.30. The van der Waals surface area contributed by atoms with Crippen LogP contribution in [0.4, 0.5) is 4.39 Å². The lowest BCUT2D eigenvalue weighted by molar-refractivity contribution is 0.542. The van der Waals surface area contributed by atoms with Crippen molar-refractivity contribution in [1.29, 1.82) is 0 Å². The van der Waals surface area contributed by atoms with Crippen LogP contribution in [0.15, 0.2) is 36.4 Å². The molecule has 2 nitrogen and oxygen atoms in total. The van der Waals surface area contributed by atoms with Crippen molar-refractivity contribution in [3.8, 4) is 0 Å². The SMILES string of the molecule is Cc1ccc(F)cc1C(Cc1cc(Cl)ccc1Cl)NN. The first-order chi connectivity index (χ1) is 9.51. The highest BCUT2D eigenvalue weighted by atomic mass is 35.5. The van der Waals surface area contributed by atoms with Crippen molar-refractivity contribution in [3.63, 3.8) is 0 Å². The lowest BCUT2D eigenvalue weighted by Gasteiger charge is -2.19. The minimum atomic E-state index is -0.289. The number of halogens is 3. The monoisotopic (exact) mass is 312 g/mol. The Morgan fingerprint density at radius 3 is 2.65 bits per heavy atom. The molecule has 0 fully saturated rings.